The summed E-state index contributed by atoms with van der Waals surface area (Å²) in [6.45, 7) is 3.74. The molecule has 1 amide bonds. The summed E-state index contributed by atoms with van der Waals surface area (Å²) in [4.78, 5) is 13.4. The number of carbonyl (C=O) groups excluding carboxylic acids is 1. The Morgan fingerprint density at radius 1 is 1.21 bits per heavy atom. The minimum Gasteiger partial charge on any atom is -0.316 e. The molecule has 14 heavy (non-hydrogen) atoms. The average Bonchev–Trinajstić information content (AvgIpc) is 2.61. The summed E-state index contributed by atoms with van der Waals surface area (Å²) in [6, 6.07) is 0.473. The number of rotatable bonds is 2. The molecule has 2 nitrogen and oxygen atoms in total. The summed E-state index contributed by atoms with van der Waals surface area (Å²) in [5.74, 6) is 1.02. The third-order valence-electron chi connectivity index (χ3n) is 3.69. The van der Waals surface area contributed by atoms with Crippen LogP contribution in [0.4, 0.5) is 0 Å². The fraction of sp³-hybridized carbons (Fsp3) is 0.750. The van der Waals surface area contributed by atoms with Gasteiger partial charge >= 0.3 is 0 Å². The number of nitrogens with zero attached hydrogens (tertiary/aromatic N) is 1. The monoisotopic (exact) mass is 193 g/mol. The largest absolute Gasteiger partial charge is 0.316 e. The zero-order valence-corrected chi connectivity index (χ0v) is 8.74. The summed E-state index contributed by atoms with van der Waals surface area (Å²) >= 11 is 0. The minimum absolute atomic E-state index is 0.274. The van der Waals surface area contributed by atoms with E-state index in [1.165, 1.54) is 32.1 Å². The summed E-state index contributed by atoms with van der Waals surface area (Å²) in [5, 5.41) is 0. The highest BCUT2D eigenvalue weighted by atomic mass is 16.2. The maximum absolute atomic E-state index is 11.5. The topological polar surface area (TPSA) is 20.3 Å². The van der Waals surface area contributed by atoms with Crippen LogP contribution in [-0.4, -0.2) is 16.8 Å². The third-order valence-corrected chi connectivity index (χ3v) is 3.69. The lowest BCUT2D eigenvalue weighted by Crippen LogP contribution is -2.34. The molecule has 2 aliphatic rings. The Morgan fingerprint density at radius 3 is 2.57 bits per heavy atom. The summed E-state index contributed by atoms with van der Waals surface area (Å²) < 4.78 is 0. The van der Waals surface area contributed by atoms with E-state index in [2.05, 4.69) is 6.58 Å². The Hall–Kier alpha value is -0.790. The lowest BCUT2D eigenvalue weighted by atomic mass is 9.83. The molecule has 1 aliphatic carbocycles. The van der Waals surface area contributed by atoms with Gasteiger partial charge in [-0.2, -0.15) is 0 Å². The second-order valence-electron chi connectivity index (χ2n) is 4.49. The van der Waals surface area contributed by atoms with Gasteiger partial charge in [0.1, 0.15) is 0 Å². The number of hydrogen-bond acceptors (Lipinski definition) is 1. The molecule has 0 aromatic rings. The molecular formula is C12H19NO. The standard InChI is InChI=1S/C12H19NO/c1-2-13-11(8-9-12(13)14)10-6-4-3-5-7-10/h2,10-11H,1,3-9H2. The number of likely N-dealkylation sites (tertiary alicyclic amines) is 1. The second-order valence-corrected chi connectivity index (χ2v) is 4.49. The summed E-state index contributed by atoms with van der Waals surface area (Å²) in [5.41, 5.74) is 0. The van der Waals surface area contributed by atoms with Crippen LogP contribution in [0.1, 0.15) is 44.9 Å². The maximum Gasteiger partial charge on any atom is 0.226 e. The highest BCUT2D eigenvalue weighted by Gasteiger charge is 2.35. The van der Waals surface area contributed by atoms with E-state index in [-0.39, 0.29) is 5.91 Å². The number of carbonyl (C=O) groups is 1. The Bertz CT molecular complexity index is 230. The first-order chi connectivity index (χ1) is 6.83. The van der Waals surface area contributed by atoms with Gasteiger partial charge in [-0.05, 0) is 31.4 Å². The van der Waals surface area contributed by atoms with Gasteiger partial charge in [0.05, 0.1) is 0 Å². The van der Waals surface area contributed by atoms with E-state index >= 15 is 0 Å². The van der Waals surface area contributed by atoms with Gasteiger partial charge in [-0.15, -0.1) is 0 Å². The first kappa shape index (κ1) is 9.75. The Morgan fingerprint density at radius 2 is 1.93 bits per heavy atom. The van der Waals surface area contributed by atoms with E-state index in [0.717, 1.165) is 18.8 Å². The second kappa shape index (κ2) is 4.16. The normalized spacial score (nSPS) is 29.6. The summed E-state index contributed by atoms with van der Waals surface area (Å²) in [6.07, 6.45) is 10.2. The lowest BCUT2D eigenvalue weighted by molar-refractivity contribution is -0.127. The fourth-order valence-corrected chi connectivity index (χ4v) is 2.94. The van der Waals surface area contributed by atoms with Gasteiger partial charge in [-0.1, -0.05) is 25.8 Å². The number of hydrogen-bond donors (Lipinski definition) is 0. The molecular weight excluding hydrogens is 174 g/mol. The smallest absolute Gasteiger partial charge is 0.226 e. The first-order valence-electron chi connectivity index (χ1n) is 5.76. The highest BCUT2D eigenvalue weighted by Crippen LogP contribution is 2.34. The molecule has 0 spiro atoms. The first-order valence-corrected chi connectivity index (χ1v) is 5.76. The molecule has 0 N–H and O–H groups in total. The molecule has 1 saturated carbocycles. The van der Waals surface area contributed by atoms with Crippen molar-refractivity contribution in [2.75, 3.05) is 0 Å². The van der Waals surface area contributed by atoms with Crippen LogP contribution in [0.15, 0.2) is 12.8 Å². The number of amides is 1. The molecule has 1 atom stereocenters. The van der Waals surface area contributed by atoms with Gasteiger partial charge in [-0.3, -0.25) is 4.79 Å². The Balaban J connectivity index is 2.01. The zero-order chi connectivity index (χ0) is 9.97. The van der Waals surface area contributed by atoms with E-state index in [0.29, 0.717) is 6.04 Å². The Kier molecular flexibility index (Phi) is 2.90. The van der Waals surface area contributed by atoms with Crippen LogP contribution in [0.3, 0.4) is 0 Å². The van der Waals surface area contributed by atoms with Crippen LogP contribution in [0.5, 0.6) is 0 Å². The molecule has 2 heteroatoms. The van der Waals surface area contributed by atoms with Crippen molar-refractivity contribution >= 4 is 5.91 Å². The molecule has 1 unspecified atom stereocenters. The predicted octanol–water partition coefficient (Wildman–Crippen LogP) is 2.70. The van der Waals surface area contributed by atoms with E-state index in [4.69, 9.17) is 0 Å². The van der Waals surface area contributed by atoms with Gasteiger partial charge in [-0.25, -0.2) is 0 Å². The minimum atomic E-state index is 0.274. The molecule has 0 bridgehead atoms. The fourth-order valence-electron chi connectivity index (χ4n) is 2.94. The molecule has 0 aromatic heterocycles. The van der Waals surface area contributed by atoms with Crippen LogP contribution >= 0.6 is 0 Å². The van der Waals surface area contributed by atoms with Crippen LogP contribution < -0.4 is 0 Å². The van der Waals surface area contributed by atoms with E-state index in [1.807, 2.05) is 4.90 Å². The van der Waals surface area contributed by atoms with E-state index in [9.17, 15) is 4.79 Å². The van der Waals surface area contributed by atoms with Gasteiger partial charge in [0.25, 0.3) is 0 Å². The maximum atomic E-state index is 11.5. The summed E-state index contributed by atoms with van der Waals surface area (Å²) in [7, 11) is 0. The third kappa shape index (κ3) is 1.70. The zero-order valence-electron chi connectivity index (χ0n) is 8.74. The van der Waals surface area contributed by atoms with Gasteiger partial charge in [0, 0.05) is 12.5 Å². The van der Waals surface area contributed by atoms with Gasteiger partial charge < -0.3 is 4.90 Å². The average molecular weight is 193 g/mol. The van der Waals surface area contributed by atoms with Crippen LogP contribution in [0.2, 0.25) is 0 Å². The van der Waals surface area contributed by atoms with Crippen molar-refractivity contribution < 1.29 is 4.79 Å². The lowest BCUT2D eigenvalue weighted by Gasteiger charge is -2.32. The molecule has 78 valence electrons. The molecule has 1 saturated heterocycles. The Labute approximate surface area is 86.0 Å². The van der Waals surface area contributed by atoms with Crippen molar-refractivity contribution in [2.24, 2.45) is 5.92 Å². The highest BCUT2D eigenvalue weighted by molar-refractivity contribution is 5.79. The van der Waals surface area contributed by atoms with Crippen molar-refractivity contribution in [2.45, 2.75) is 51.0 Å². The quantitative estimate of drug-likeness (QED) is 0.660. The van der Waals surface area contributed by atoms with E-state index < -0.39 is 0 Å². The molecule has 1 heterocycles. The van der Waals surface area contributed by atoms with Crippen molar-refractivity contribution in [1.82, 2.24) is 4.90 Å². The van der Waals surface area contributed by atoms with Crippen LogP contribution in [0, 0.1) is 5.92 Å². The van der Waals surface area contributed by atoms with Crippen LogP contribution in [0.25, 0.3) is 0 Å². The van der Waals surface area contributed by atoms with Crippen molar-refractivity contribution in [3.05, 3.63) is 12.8 Å². The molecule has 2 rings (SSSR count). The molecule has 2 fully saturated rings. The van der Waals surface area contributed by atoms with Crippen molar-refractivity contribution in [3.63, 3.8) is 0 Å². The van der Waals surface area contributed by atoms with Crippen LogP contribution in [-0.2, 0) is 4.79 Å². The van der Waals surface area contributed by atoms with Crippen molar-refractivity contribution in [3.8, 4) is 0 Å². The molecule has 1 aliphatic heterocycles. The van der Waals surface area contributed by atoms with E-state index in [1.54, 1.807) is 6.20 Å². The van der Waals surface area contributed by atoms with Gasteiger partial charge in [0.15, 0.2) is 0 Å². The molecule has 0 aromatic carbocycles. The predicted molar refractivity (Wildman–Crippen MR) is 56.6 cm³/mol. The van der Waals surface area contributed by atoms with Gasteiger partial charge in [0.2, 0.25) is 5.91 Å². The van der Waals surface area contributed by atoms with Crippen molar-refractivity contribution in [1.29, 1.82) is 0 Å². The SMILES string of the molecule is C=CN1C(=O)CCC1C1CCCCC1. The molecule has 0 radical (unpaired) electrons.